The number of phenolic OH excluding ortho intramolecular Hbond substituents is 1. The van der Waals surface area contributed by atoms with E-state index in [1.807, 2.05) is 0 Å². The summed E-state index contributed by atoms with van der Waals surface area (Å²) < 4.78 is 18.0. The first-order valence-electron chi connectivity index (χ1n) is 5.66. The molecule has 0 saturated carbocycles. The first kappa shape index (κ1) is 11.5. The summed E-state index contributed by atoms with van der Waals surface area (Å²) in [5, 5.41) is 10.0. The zero-order chi connectivity index (χ0) is 13.4. The molecule has 2 aromatic carbocycles. The maximum Gasteiger partial charge on any atom is 0.344 e. The molecule has 1 aromatic heterocycles. The van der Waals surface area contributed by atoms with E-state index in [1.165, 1.54) is 36.4 Å². The van der Waals surface area contributed by atoms with Crippen LogP contribution in [0.3, 0.4) is 0 Å². The Morgan fingerprint density at radius 3 is 2.47 bits per heavy atom. The van der Waals surface area contributed by atoms with Crippen molar-refractivity contribution in [3.05, 3.63) is 64.8 Å². The van der Waals surface area contributed by atoms with Crippen molar-refractivity contribution >= 4 is 11.0 Å². The number of hydrogen-bond donors (Lipinski definition) is 1. The fourth-order valence-electron chi connectivity index (χ4n) is 1.93. The molecule has 0 fully saturated rings. The van der Waals surface area contributed by atoms with E-state index >= 15 is 0 Å². The molecular weight excluding hydrogens is 247 g/mol. The van der Waals surface area contributed by atoms with Gasteiger partial charge in [0.05, 0.1) is 5.56 Å². The van der Waals surface area contributed by atoms with Crippen molar-refractivity contribution in [2.24, 2.45) is 0 Å². The van der Waals surface area contributed by atoms with Crippen molar-refractivity contribution in [1.82, 2.24) is 0 Å². The minimum atomic E-state index is -0.523. The average Bonchev–Trinajstić information content (AvgIpc) is 2.39. The van der Waals surface area contributed by atoms with Gasteiger partial charge in [-0.1, -0.05) is 12.1 Å². The van der Waals surface area contributed by atoms with Crippen LogP contribution in [-0.2, 0) is 0 Å². The maximum atomic E-state index is 12.9. The van der Waals surface area contributed by atoms with Crippen LogP contribution in [0.5, 0.6) is 5.75 Å². The zero-order valence-electron chi connectivity index (χ0n) is 9.76. The van der Waals surface area contributed by atoms with Crippen molar-refractivity contribution in [2.45, 2.75) is 0 Å². The minimum Gasteiger partial charge on any atom is -0.508 e. The highest BCUT2D eigenvalue weighted by atomic mass is 19.1. The van der Waals surface area contributed by atoms with Crippen LogP contribution in [0.1, 0.15) is 0 Å². The number of halogens is 1. The highest BCUT2D eigenvalue weighted by molar-refractivity contribution is 5.82. The van der Waals surface area contributed by atoms with E-state index in [0.717, 1.165) is 0 Å². The zero-order valence-corrected chi connectivity index (χ0v) is 9.76. The van der Waals surface area contributed by atoms with Gasteiger partial charge >= 0.3 is 5.63 Å². The van der Waals surface area contributed by atoms with Gasteiger partial charge in [0.15, 0.2) is 0 Å². The van der Waals surface area contributed by atoms with E-state index in [4.69, 9.17) is 4.42 Å². The van der Waals surface area contributed by atoms with Gasteiger partial charge in [-0.3, -0.25) is 0 Å². The van der Waals surface area contributed by atoms with Crippen molar-refractivity contribution in [3.8, 4) is 16.9 Å². The van der Waals surface area contributed by atoms with Gasteiger partial charge in [-0.05, 0) is 35.9 Å². The lowest BCUT2D eigenvalue weighted by molar-refractivity contribution is 0.473. The predicted octanol–water partition coefficient (Wildman–Crippen LogP) is 3.30. The van der Waals surface area contributed by atoms with Gasteiger partial charge in [0.2, 0.25) is 0 Å². The molecule has 3 rings (SSSR count). The summed E-state index contributed by atoms with van der Waals surface area (Å²) in [5.41, 5.74) is 0.740. The molecule has 0 aliphatic heterocycles. The normalized spacial score (nSPS) is 10.8. The third-order valence-electron chi connectivity index (χ3n) is 2.87. The van der Waals surface area contributed by atoms with Crippen LogP contribution < -0.4 is 5.63 Å². The Morgan fingerprint density at radius 2 is 1.74 bits per heavy atom. The van der Waals surface area contributed by atoms with Gasteiger partial charge in [0.1, 0.15) is 17.1 Å². The molecule has 0 unspecified atom stereocenters. The molecular formula is C15H9FO3. The average molecular weight is 256 g/mol. The van der Waals surface area contributed by atoms with Crippen LogP contribution >= 0.6 is 0 Å². The minimum absolute atomic E-state index is 0.0326. The summed E-state index contributed by atoms with van der Waals surface area (Å²) in [6, 6.07) is 11.8. The number of aromatic hydroxyl groups is 1. The van der Waals surface area contributed by atoms with Crippen molar-refractivity contribution in [2.75, 3.05) is 0 Å². The van der Waals surface area contributed by atoms with Gasteiger partial charge in [-0.15, -0.1) is 0 Å². The van der Waals surface area contributed by atoms with Crippen LogP contribution in [0.15, 0.2) is 57.7 Å². The molecule has 19 heavy (non-hydrogen) atoms. The molecule has 0 amide bonds. The molecule has 0 aliphatic rings. The number of rotatable bonds is 1. The highest BCUT2D eigenvalue weighted by Gasteiger charge is 2.08. The van der Waals surface area contributed by atoms with Gasteiger partial charge in [-0.2, -0.15) is 0 Å². The molecule has 0 spiro atoms. The lowest BCUT2D eigenvalue weighted by Crippen LogP contribution is -2.02. The largest absolute Gasteiger partial charge is 0.508 e. The van der Waals surface area contributed by atoms with Crippen molar-refractivity contribution in [1.29, 1.82) is 0 Å². The van der Waals surface area contributed by atoms with Gasteiger partial charge in [0.25, 0.3) is 0 Å². The van der Waals surface area contributed by atoms with Crippen molar-refractivity contribution < 1.29 is 13.9 Å². The molecule has 3 aromatic rings. The number of hydrogen-bond acceptors (Lipinski definition) is 3. The van der Waals surface area contributed by atoms with Gasteiger partial charge < -0.3 is 9.52 Å². The topological polar surface area (TPSA) is 50.4 Å². The number of fused-ring (bicyclic) bond motifs is 1. The molecule has 3 nitrogen and oxygen atoms in total. The quantitative estimate of drug-likeness (QED) is 0.679. The molecule has 1 N–H and O–H groups in total. The first-order valence-corrected chi connectivity index (χ1v) is 5.66. The molecule has 94 valence electrons. The van der Waals surface area contributed by atoms with Crippen LogP contribution in [0.25, 0.3) is 22.1 Å². The van der Waals surface area contributed by atoms with E-state index < -0.39 is 5.63 Å². The Balaban J connectivity index is 2.24. The Hall–Kier alpha value is -2.62. The fourth-order valence-corrected chi connectivity index (χ4v) is 1.93. The Bertz CT molecular complexity index is 804. The van der Waals surface area contributed by atoms with E-state index in [-0.39, 0.29) is 11.6 Å². The fraction of sp³-hybridized carbons (Fsp3) is 0. The molecule has 1 heterocycles. The van der Waals surface area contributed by atoms with Gasteiger partial charge in [0, 0.05) is 11.5 Å². The molecule has 0 radical (unpaired) electrons. The summed E-state index contributed by atoms with van der Waals surface area (Å²) in [6.07, 6.45) is 0. The van der Waals surface area contributed by atoms with Crippen LogP contribution in [-0.4, -0.2) is 5.11 Å². The van der Waals surface area contributed by atoms with Crippen molar-refractivity contribution in [3.63, 3.8) is 0 Å². The third kappa shape index (κ3) is 2.08. The van der Waals surface area contributed by atoms with Crippen LogP contribution in [0.2, 0.25) is 0 Å². The lowest BCUT2D eigenvalue weighted by atomic mass is 10.1. The third-order valence-corrected chi connectivity index (χ3v) is 2.87. The Kier molecular flexibility index (Phi) is 2.56. The number of benzene rings is 2. The SMILES string of the molecule is O=c1oc2cc(O)ccc2cc1-c1ccc(F)cc1. The summed E-state index contributed by atoms with van der Waals surface area (Å²) in [5.74, 6) is -0.330. The molecule has 0 atom stereocenters. The standard InChI is InChI=1S/C15H9FO3/c16-11-4-1-9(2-5-11)13-7-10-3-6-12(17)8-14(10)19-15(13)18/h1-8,17H. The van der Waals surface area contributed by atoms with Crippen LogP contribution in [0.4, 0.5) is 4.39 Å². The monoisotopic (exact) mass is 256 g/mol. The second-order valence-electron chi connectivity index (χ2n) is 4.18. The van der Waals surface area contributed by atoms with Gasteiger partial charge in [-0.25, -0.2) is 9.18 Å². The molecule has 0 bridgehead atoms. The maximum absolute atomic E-state index is 12.9. The summed E-state index contributed by atoms with van der Waals surface area (Å²) >= 11 is 0. The summed E-state index contributed by atoms with van der Waals surface area (Å²) in [4.78, 5) is 11.9. The summed E-state index contributed by atoms with van der Waals surface area (Å²) in [6.45, 7) is 0. The van der Waals surface area contributed by atoms with E-state index in [9.17, 15) is 14.3 Å². The molecule has 0 saturated heterocycles. The number of phenols is 1. The van der Waals surface area contributed by atoms with E-state index in [0.29, 0.717) is 22.1 Å². The highest BCUT2D eigenvalue weighted by Crippen LogP contribution is 2.23. The Morgan fingerprint density at radius 1 is 1.00 bits per heavy atom. The predicted molar refractivity (Wildman–Crippen MR) is 69.5 cm³/mol. The first-order chi connectivity index (χ1) is 9.13. The van der Waals surface area contributed by atoms with E-state index in [1.54, 1.807) is 12.1 Å². The second kappa shape index (κ2) is 4.24. The van der Waals surface area contributed by atoms with Crippen LogP contribution in [0, 0.1) is 5.82 Å². The summed E-state index contributed by atoms with van der Waals surface area (Å²) in [7, 11) is 0. The molecule has 0 aliphatic carbocycles. The molecule has 4 heteroatoms. The second-order valence-corrected chi connectivity index (χ2v) is 4.18. The smallest absolute Gasteiger partial charge is 0.344 e. The lowest BCUT2D eigenvalue weighted by Gasteiger charge is -2.03. The van der Waals surface area contributed by atoms with E-state index in [2.05, 4.69) is 0 Å². The Labute approximate surface area is 107 Å².